The summed E-state index contributed by atoms with van der Waals surface area (Å²) in [6.45, 7) is 7.78. The molecule has 0 saturated carbocycles. The van der Waals surface area contributed by atoms with Crippen LogP contribution in [0.4, 0.5) is 0 Å². The van der Waals surface area contributed by atoms with Crippen molar-refractivity contribution in [3.05, 3.63) is 23.3 Å². The number of methoxy groups -OCH3 is 3. The fraction of sp³-hybridized carbons (Fsp3) is 0.545. The lowest BCUT2D eigenvalue weighted by molar-refractivity contribution is -0.143. The van der Waals surface area contributed by atoms with Crippen LogP contribution >= 0.6 is 0 Å². The summed E-state index contributed by atoms with van der Waals surface area (Å²) in [6, 6.07) is 3.34. The number of benzene rings is 1. The van der Waals surface area contributed by atoms with Crippen LogP contribution in [0.5, 0.6) is 17.2 Å². The maximum absolute atomic E-state index is 11.9. The molecule has 1 aliphatic rings. The van der Waals surface area contributed by atoms with Crippen LogP contribution < -0.4 is 19.5 Å². The SMILES string of the molecule is CCOC=O.COC(=O)C(CC(C)C)NCC1=Cc2c(OC)ccc(OC)c2OC1. The van der Waals surface area contributed by atoms with Gasteiger partial charge in [-0.05, 0) is 43.0 Å². The number of hydrogen-bond donors (Lipinski definition) is 1. The lowest BCUT2D eigenvalue weighted by Gasteiger charge is -2.24. The van der Waals surface area contributed by atoms with Gasteiger partial charge < -0.3 is 29.0 Å². The fourth-order valence-electron chi connectivity index (χ4n) is 2.90. The van der Waals surface area contributed by atoms with Crippen molar-refractivity contribution in [1.82, 2.24) is 5.32 Å². The molecule has 1 aromatic rings. The predicted octanol–water partition coefficient (Wildman–Crippen LogP) is 2.84. The molecule has 0 saturated heterocycles. The molecule has 1 aromatic carbocycles. The molecule has 0 radical (unpaired) electrons. The summed E-state index contributed by atoms with van der Waals surface area (Å²) in [7, 11) is 4.64. The van der Waals surface area contributed by atoms with Crippen LogP contribution in [0.3, 0.4) is 0 Å². The summed E-state index contributed by atoms with van der Waals surface area (Å²) in [6.07, 6.45) is 2.74. The molecule has 30 heavy (non-hydrogen) atoms. The van der Waals surface area contributed by atoms with Crippen LogP contribution in [-0.4, -0.2) is 59.6 Å². The standard InChI is InChI=1S/C19H27NO5.C3H6O2/c1-12(2)8-15(19(21)24-5)20-10-13-9-14-16(22-3)6-7-17(23-4)18(14)25-11-13;1-2-5-3-4/h6-7,9,12,15,20H,8,10-11H2,1-5H3;3H,2H2,1H3. The van der Waals surface area contributed by atoms with Crippen LogP contribution in [0.2, 0.25) is 0 Å². The Labute approximate surface area is 178 Å². The Kier molecular flexibility index (Phi) is 11.4. The minimum atomic E-state index is -0.334. The number of ether oxygens (including phenoxy) is 5. The minimum absolute atomic E-state index is 0.245. The van der Waals surface area contributed by atoms with E-state index >= 15 is 0 Å². The van der Waals surface area contributed by atoms with E-state index in [1.165, 1.54) is 7.11 Å². The molecule has 0 aliphatic carbocycles. The molecular weight excluding hydrogens is 390 g/mol. The maximum atomic E-state index is 11.9. The smallest absolute Gasteiger partial charge is 0.322 e. The summed E-state index contributed by atoms with van der Waals surface area (Å²) in [5, 5.41) is 3.27. The third kappa shape index (κ3) is 7.59. The van der Waals surface area contributed by atoms with Gasteiger partial charge in [0.2, 0.25) is 0 Å². The molecule has 1 aliphatic heterocycles. The van der Waals surface area contributed by atoms with Crippen molar-refractivity contribution in [2.75, 3.05) is 41.1 Å². The predicted molar refractivity (Wildman–Crippen MR) is 114 cm³/mol. The van der Waals surface area contributed by atoms with Gasteiger partial charge in [0.05, 0.1) is 33.5 Å². The van der Waals surface area contributed by atoms with E-state index in [-0.39, 0.29) is 12.0 Å². The number of carbonyl (C=O) groups excluding carboxylic acids is 2. The minimum Gasteiger partial charge on any atom is -0.496 e. The highest BCUT2D eigenvalue weighted by Crippen LogP contribution is 2.41. The Morgan fingerprint density at radius 3 is 2.37 bits per heavy atom. The Morgan fingerprint density at radius 1 is 1.20 bits per heavy atom. The second-order valence-electron chi connectivity index (χ2n) is 6.94. The molecule has 1 atom stereocenters. The van der Waals surface area contributed by atoms with Gasteiger partial charge in [0.1, 0.15) is 18.4 Å². The van der Waals surface area contributed by atoms with Crippen LogP contribution in [-0.2, 0) is 19.1 Å². The number of rotatable bonds is 10. The molecule has 0 spiro atoms. The van der Waals surface area contributed by atoms with Gasteiger partial charge >= 0.3 is 5.97 Å². The first-order chi connectivity index (χ1) is 14.4. The first-order valence-corrected chi connectivity index (χ1v) is 9.85. The van der Waals surface area contributed by atoms with E-state index in [1.54, 1.807) is 21.1 Å². The van der Waals surface area contributed by atoms with Gasteiger partial charge in [-0.2, -0.15) is 0 Å². The third-order valence-corrected chi connectivity index (χ3v) is 4.31. The molecular formula is C22H33NO7. The summed E-state index contributed by atoms with van der Waals surface area (Å²) in [5.41, 5.74) is 1.88. The average Bonchev–Trinajstić information content (AvgIpc) is 2.75. The molecule has 168 valence electrons. The van der Waals surface area contributed by atoms with Crippen LogP contribution in [0.1, 0.15) is 32.8 Å². The van der Waals surface area contributed by atoms with Crippen molar-refractivity contribution in [2.24, 2.45) is 5.92 Å². The van der Waals surface area contributed by atoms with Gasteiger partial charge in [-0.25, -0.2) is 0 Å². The zero-order valence-corrected chi connectivity index (χ0v) is 18.7. The van der Waals surface area contributed by atoms with Crippen LogP contribution in [0.15, 0.2) is 17.7 Å². The van der Waals surface area contributed by atoms with Gasteiger partial charge in [-0.3, -0.25) is 9.59 Å². The largest absolute Gasteiger partial charge is 0.496 e. The van der Waals surface area contributed by atoms with E-state index in [4.69, 9.17) is 18.9 Å². The van der Waals surface area contributed by atoms with Crippen molar-refractivity contribution >= 4 is 18.5 Å². The van der Waals surface area contributed by atoms with E-state index in [0.29, 0.717) is 50.1 Å². The topological polar surface area (TPSA) is 92.3 Å². The van der Waals surface area contributed by atoms with Crippen molar-refractivity contribution < 1.29 is 33.3 Å². The maximum Gasteiger partial charge on any atom is 0.322 e. The number of nitrogens with one attached hydrogen (secondary N) is 1. The quantitative estimate of drug-likeness (QED) is 0.454. The third-order valence-electron chi connectivity index (χ3n) is 4.31. The summed E-state index contributed by atoms with van der Waals surface area (Å²) >= 11 is 0. The molecule has 1 heterocycles. The summed E-state index contributed by atoms with van der Waals surface area (Å²) < 4.78 is 25.7. The molecule has 1 unspecified atom stereocenters. The first kappa shape index (κ1) is 25.3. The van der Waals surface area contributed by atoms with Crippen LogP contribution in [0, 0.1) is 5.92 Å². The average molecular weight is 424 g/mol. The number of esters is 1. The molecule has 0 fully saturated rings. The number of hydrogen-bond acceptors (Lipinski definition) is 8. The highest BCUT2D eigenvalue weighted by molar-refractivity contribution is 5.76. The molecule has 0 amide bonds. The molecule has 0 aromatic heterocycles. The summed E-state index contributed by atoms with van der Waals surface area (Å²) in [4.78, 5) is 21.1. The van der Waals surface area contributed by atoms with Gasteiger partial charge in [-0.1, -0.05) is 13.8 Å². The second-order valence-corrected chi connectivity index (χ2v) is 6.94. The monoisotopic (exact) mass is 423 g/mol. The van der Waals surface area contributed by atoms with Gasteiger partial charge in [0.25, 0.3) is 6.47 Å². The molecule has 8 nitrogen and oxygen atoms in total. The Balaban J connectivity index is 0.000000804. The van der Waals surface area contributed by atoms with Crippen LogP contribution in [0.25, 0.3) is 6.08 Å². The van der Waals surface area contributed by atoms with E-state index in [2.05, 4.69) is 23.9 Å². The Bertz CT molecular complexity index is 716. The van der Waals surface area contributed by atoms with E-state index in [0.717, 1.165) is 16.9 Å². The lowest BCUT2D eigenvalue weighted by atomic mass is 10.0. The first-order valence-electron chi connectivity index (χ1n) is 9.85. The highest BCUT2D eigenvalue weighted by atomic mass is 16.5. The number of carbonyl (C=O) groups is 2. The molecule has 0 bridgehead atoms. The number of fused-ring (bicyclic) bond motifs is 1. The lowest BCUT2D eigenvalue weighted by Crippen LogP contribution is -2.40. The van der Waals surface area contributed by atoms with E-state index in [1.807, 2.05) is 18.2 Å². The van der Waals surface area contributed by atoms with Crippen molar-refractivity contribution in [3.63, 3.8) is 0 Å². The van der Waals surface area contributed by atoms with Gasteiger partial charge in [0, 0.05) is 6.54 Å². The normalized spacial score (nSPS) is 13.0. The summed E-state index contributed by atoms with van der Waals surface area (Å²) in [5.74, 6) is 2.22. The van der Waals surface area contributed by atoms with E-state index in [9.17, 15) is 9.59 Å². The second kappa shape index (κ2) is 13.5. The fourth-order valence-corrected chi connectivity index (χ4v) is 2.90. The van der Waals surface area contributed by atoms with Gasteiger partial charge in [0.15, 0.2) is 11.5 Å². The van der Waals surface area contributed by atoms with Crippen molar-refractivity contribution in [1.29, 1.82) is 0 Å². The zero-order valence-electron chi connectivity index (χ0n) is 18.7. The highest BCUT2D eigenvalue weighted by Gasteiger charge is 2.23. The Hall–Kier alpha value is -2.74. The van der Waals surface area contributed by atoms with Crippen molar-refractivity contribution in [2.45, 2.75) is 33.2 Å². The molecule has 2 rings (SSSR count). The molecule has 8 heteroatoms. The molecule has 1 N–H and O–H groups in total. The zero-order chi connectivity index (χ0) is 22.5. The van der Waals surface area contributed by atoms with Crippen molar-refractivity contribution in [3.8, 4) is 17.2 Å². The Morgan fingerprint density at radius 2 is 1.87 bits per heavy atom. The van der Waals surface area contributed by atoms with Gasteiger partial charge in [-0.15, -0.1) is 0 Å². The van der Waals surface area contributed by atoms with E-state index < -0.39 is 0 Å².